The molecule has 6 heteroatoms. The quantitative estimate of drug-likeness (QED) is 0.351. The first-order valence-electron chi connectivity index (χ1n) is 11.5. The molecule has 1 aliphatic heterocycles. The van der Waals surface area contributed by atoms with E-state index in [1.165, 1.54) is 0 Å². The normalized spacial score (nSPS) is 15.7. The molecule has 3 heterocycles. The summed E-state index contributed by atoms with van der Waals surface area (Å²) in [5.41, 5.74) is 4.39. The first-order valence-corrected chi connectivity index (χ1v) is 12.3. The molecule has 0 atom stereocenters. The van der Waals surface area contributed by atoms with Gasteiger partial charge in [0.25, 0.3) is 0 Å². The van der Waals surface area contributed by atoms with E-state index in [4.69, 9.17) is 4.74 Å². The Labute approximate surface area is 202 Å². The molecular weight excluding hydrogens is 442 g/mol. The number of rotatable bonds is 4. The van der Waals surface area contributed by atoms with Crippen molar-refractivity contribution in [2.75, 3.05) is 13.2 Å². The Kier molecular flexibility index (Phi) is 5.37. The molecule has 0 saturated carbocycles. The van der Waals surface area contributed by atoms with E-state index in [-0.39, 0.29) is 0 Å². The molecule has 0 unspecified atom stereocenters. The molecule has 34 heavy (non-hydrogen) atoms. The van der Waals surface area contributed by atoms with Crippen LogP contribution in [0.4, 0.5) is 0 Å². The zero-order chi connectivity index (χ0) is 23.1. The van der Waals surface area contributed by atoms with Gasteiger partial charge in [0.2, 0.25) is 0 Å². The van der Waals surface area contributed by atoms with E-state index in [2.05, 4.69) is 75.3 Å². The maximum Gasteiger partial charge on any atom is 0.161 e. The van der Waals surface area contributed by atoms with Gasteiger partial charge >= 0.3 is 0 Å². The van der Waals surface area contributed by atoms with Gasteiger partial charge in [-0.2, -0.15) is 0 Å². The highest BCUT2D eigenvalue weighted by molar-refractivity contribution is 7.99. The predicted molar refractivity (Wildman–Crippen MR) is 135 cm³/mol. The molecule has 1 aliphatic rings. The molecule has 0 spiro atoms. The van der Waals surface area contributed by atoms with Crippen LogP contribution < -0.4 is 0 Å². The lowest BCUT2D eigenvalue weighted by molar-refractivity contribution is -0.0680. The molecule has 1 saturated heterocycles. The lowest BCUT2D eigenvalue weighted by Gasteiger charge is -2.32. The Morgan fingerprint density at radius 1 is 0.882 bits per heavy atom. The van der Waals surface area contributed by atoms with Gasteiger partial charge < -0.3 is 9.84 Å². The zero-order valence-electron chi connectivity index (χ0n) is 18.9. The number of benzene rings is 3. The summed E-state index contributed by atoms with van der Waals surface area (Å²) in [5.74, 6) is 0.866. The van der Waals surface area contributed by atoms with Gasteiger partial charge in [0.05, 0.1) is 11.1 Å². The maximum atomic E-state index is 11.1. The second-order valence-corrected chi connectivity index (χ2v) is 9.96. The number of ether oxygens (including phenoxy) is 1. The summed E-state index contributed by atoms with van der Waals surface area (Å²) >= 11 is 1.70. The Bertz CT molecular complexity index is 1490. The van der Waals surface area contributed by atoms with Crippen LogP contribution in [0.2, 0.25) is 0 Å². The van der Waals surface area contributed by atoms with Gasteiger partial charge in [0.15, 0.2) is 5.65 Å². The van der Waals surface area contributed by atoms with E-state index in [0.717, 1.165) is 48.9 Å². The van der Waals surface area contributed by atoms with Crippen LogP contribution in [0.25, 0.3) is 27.7 Å². The average Bonchev–Trinajstić information content (AvgIpc) is 3.25. The third-order valence-electron chi connectivity index (χ3n) is 6.64. The Balaban J connectivity index is 1.43. The minimum absolute atomic E-state index is 0.594. The van der Waals surface area contributed by atoms with Gasteiger partial charge in [0.1, 0.15) is 5.82 Å². The second kappa shape index (κ2) is 8.55. The summed E-state index contributed by atoms with van der Waals surface area (Å²) in [6, 6.07) is 27.4. The van der Waals surface area contributed by atoms with Crippen molar-refractivity contribution in [2.45, 2.75) is 35.2 Å². The standard InChI is InChI=1S/C28H25N3O2S/c1-19-29-30-27-18-25(20-6-3-2-4-7-20)24-11-10-23(17-26(24)31(19)27)34-22-9-5-8-21(16-22)28(32)12-14-33-15-13-28/h2-11,16-18,32H,12-15H2,1H3. The monoisotopic (exact) mass is 467 g/mol. The minimum Gasteiger partial charge on any atom is -0.385 e. The fraction of sp³-hybridized carbons (Fsp3) is 0.214. The molecule has 1 fully saturated rings. The number of nitrogens with zero attached hydrogens (tertiary/aromatic N) is 3. The highest BCUT2D eigenvalue weighted by Gasteiger charge is 2.31. The van der Waals surface area contributed by atoms with Crippen molar-refractivity contribution in [3.8, 4) is 11.1 Å². The van der Waals surface area contributed by atoms with Crippen molar-refractivity contribution in [2.24, 2.45) is 0 Å². The molecular formula is C28H25N3O2S. The topological polar surface area (TPSA) is 59.7 Å². The predicted octanol–water partition coefficient (Wildman–Crippen LogP) is 6.01. The SMILES string of the molecule is Cc1nnc2cc(-c3ccccc3)c3ccc(Sc4cccc(C5(O)CCOCC5)c4)cc3n12. The fourth-order valence-electron chi connectivity index (χ4n) is 4.80. The van der Waals surface area contributed by atoms with E-state index in [9.17, 15) is 5.11 Å². The van der Waals surface area contributed by atoms with Gasteiger partial charge in [-0.1, -0.05) is 60.3 Å². The molecule has 3 aromatic carbocycles. The summed E-state index contributed by atoms with van der Waals surface area (Å²) in [7, 11) is 0. The first-order chi connectivity index (χ1) is 16.6. The van der Waals surface area contributed by atoms with Gasteiger partial charge in [-0.3, -0.25) is 4.40 Å². The first kappa shape index (κ1) is 21.4. The van der Waals surface area contributed by atoms with E-state index in [1.807, 2.05) is 25.1 Å². The highest BCUT2D eigenvalue weighted by Crippen LogP contribution is 2.38. The molecule has 1 N–H and O–H groups in total. The fourth-order valence-corrected chi connectivity index (χ4v) is 5.72. The molecule has 0 aliphatic carbocycles. The van der Waals surface area contributed by atoms with Crippen LogP contribution in [-0.2, 0) is 10.3 Å². The molecule has 2 aromatic heterocycles. The van der Waals surface area contributed by atoms with Crippen LogP contribution in [0.1, 0.15) is 24.2 Å². The summed E-state index contributed by atoms with van der Waals surface area (Å²) in [5, 5.41) is 21.0. The molecule has 5 aromatic rings. The number of aromatic nitrogens is 3. The maximum absolute atomic E-state index is 11.1. The van der Waals surface area contributed by atoms with E-state index in [1.54, 1.807) is 11.8 Å². The summed E-state index contributed by atoms with van der Waals surface area (Å²) < 4.78 is 7.57. The van der Waals surface area contributed by atoms with Crippen molar-refractivity contribution in [3.05, 3.63) is 90.3 Å². The van der Waals surface area contributed by atoms with E-state index < -0.39 is 5.60 Å². The Morgan fingerprint density at radius 3 is 2.50 bits per heavy atom. The summed E-state index contributed by atoms with van der Waals surface area (Å²) in [6.07, 6.45) is 1.26. The number of fused-ring (bicyclic) bond motifs is 3. The number of pyridine rings is 1. The number of hydrogen-bond donors (Lipinski definition) is 1. The molecule has 170 valence electrons. The smallest absolute Gasteiger partial charge is 0.161 e. The van der Waals surface area contributed by atoms with Crippen LogP contribution >= 0.6 is 11.8 Å². The zero-order valence-corrected chi connectivity index (χ0v) is 19.8. The summed E-state index contributed by atoms with van der Waals surface area (Å²) in [4.78, 5) is 2.23. The molecule has 0 radical (unpaired) electrons. The lowest BCUT2D eigenvalue weighted by atomic mass is 9.87. The van der Waals surface area contributed by atoms with Gasteiger partial charge in [-0.25, -0.2) is 0 Å². The largest absolute Gasteiger partial charge is 0.385 e. The number of aliphatic hydroxyl groups is 1. The van der Waals surface area contributed by atoms with Crippen LogP contribution in [0.15, 0.2) is 88.7 Å². The third-order valence-corrected chi connectivity index (χ3v) is 7.61. The van der Waals surface area contributed by atoms with Crippen LogP contribution in [0.5, 0.6) is 0 Å². The molecule has 0 amide bonds. The molecule has 6 rings (SSSR count). The van der Waals surface area contributed by atoms with Crippen molar-refractivity contribution in [1.29, 1.82) is 0 Å². The Hall–Kier alpha value is -3.19. The number of hydrogen-bond acceptors (Lipinski definition) is 5. The van der Waals surface area contributed by atoms with Crippen molar-refractivity contribution >= 4 is 28.3 Å². The van der Waals surface area contributed by atoms with Crippen molar-refractivity contribution in [1.82, 2.24) is 14.6 Å². The Morgan fingerprint density at radius 2 is 1.68 bits per heavy atom. The van der Waals surface area contributed by atoms with Crippen LogP contribution in [0, 0.1) is 6.92 Å². The van der Waals surface area contributed by atoms with Crippen molar-refractivity contribution < 1.29 is 9.84 Å². The van der Waals surface area contributed by atoms with E-state index >= 15 is 0 Å². The number of aryl methyl sites for hydroxylation is 1. The molecule has 0 bridgehead atoms. The summed E-state index contributed by atoms with van der Waals surface area (Å²) in [6.45, 7) is 3.17. The highest BCUT2D eigenvalue weighted by atomic mass is 32.2. The van der Waals surface area contributed by atoms with Gasteiger partial charge in [-0.15, -0.1) is 10.2 Å². The van der Waals surface area contributed by atoms with Gasteiger partial charge in [0, 0.05) is 41.2 Å². The van der Waals surface area contributed by atoms with Gasteiger partial charge in [-0.05, 0) is 53.9 Å². The lowest BCUT2D eigenvalue weighted by Crippen LogP contribution is -2.33. The average molecular weight is 468 g/mol. The van der Waals surface area contributed by atoms with Crippen LogP contribution in [-0.4, -0.2) is 32.9 Å². The third kappa shape index (κ3) is 3.78. The van der Waals surface area contributed by atoms with E-state index in [0.29, 0.717) is 26.1 Å². The second-order valence-electron chi connectivity index (χ2n) is 8.82. The van der Waals surface area contributed by atoms with Crippen LogP contribution in [0.3, 0.4) is 0 Å². The minimum atomic E-state index is -0.811. The van der Waals surface area contributed by atoms with Crippen molar-refractivity contribution in [3.63, 3.8) is 0 Å². The molecule has 5 nitrogen and oxygen atoms in total.